The number of ether oxygens (including phenoxy) is 1. The molecule has 0 spiro atoms. The van der Waals surface area contributed by atoms with E-state index in [1.165, 1.54) is 25.7 Å². The van der Waals surface area contributed by atoms with Crippen LogP contribution in [0, 0.1) is 0 Å². The molecule has 1 aliphatic rings. The van der Waals surface area contributed by atoms with Gasteiger partial charge in [-0.05, 0) is 50.9 Å². The summed E-state index contributed by atoms with van der Waals surface area (Å²) < 4.78 is 28.2. The molecule has 2 N–H and O–H groups in total. The van der Waals surface area contributed by atoms with E-state index in [2.05, 4.69) is 15.5 Å². The van der Waals surface area contributed by atoms with Crippen LogP contribution in [0.3, 0.4) is 0 Å². The van der Waals surface area contributed by atoms with E-state index >= 15 is 0 Å². The predicted octanol–water partition coefficient (Wildman–Crippen LogP) is 2.10. The van der Waals surface area contributed by atoms with Gasteiger partial charge in [-0.2, -0.15) is 0 Å². The van der Waals surface area contributed by atoms with E-state index < -0.39 is 27.9 Å². The van der Waals surface area contributed by atoms with E-state index in [0.717, 1.165) is 37.9 Å². The maximum atomic E-state index is 12.6. The van der Waals surface area contributed by atoms with Crippen LogP contribution in [0.4, 0.5) is 4.79 Å². The number of amides is 2. The fourth-order valence-electron chi connectivity index (χ4n) is 3.51. The van der Waals surface area contributed by atoms with E-state index in [9.17, 15) is 18.0 Å². The summed E-state index contributed by atoms with van der Waals surface area (Å²) in [5, 5.41) is 5.33. The summed E-state index contributed by atoms with van der Waals surface area (Å²) in [6.45, 7) is 3.66. The number of hydrogen-bond donors (Lipinski definition) is 2. The van der Waals surface area contributed by atoms with E-state index in [0.29, 0.717) is 6.54 Å². The number of hydrogen-bond acceptors (Lipinski definition) is 6. The molecule has 0 saturated carbocycles. The lowest BCUT2D eigenvalue weighted by Gasteiger charge is -2.21. The molecular formula is C22H35N3O5S. The minimum absolute atomic E-state index is 0.00275. The first-order chi connectivity index (χ1) is 14.8. The Labute approximate surface area is 185 Å². The van der Waals surface area contributed by atoms with E-state index in [1.54, 1.807) is 0 Å². The molecule has 2 rings (SSSR count). The Kier molecular flexibility index (Phi) is 10.8. The lowest BCUT2D eigenvalue weighted by molar-refractivity contribution is -0.123. The number of carbonyl (C=O) groups excluding carboxylic acids is 2. The van der Waals surface area contributed by atoms with Crippen molar-refractivity contribution in [1.29, 1.82) is 0 Å². The van der Waals surface area contributed by atoms with Crippen LogP contribution in [0.1, 0.15) is 44.1 Å². The molecule has 8 nitrogen and oxygen atoms in total. The minimum Gasteiger partial charge on any atom is -0.445 e. The molecule has 1 unspecified atom stereocenters. The number of likely N-dealkylation sites (tertiary alicyclic amines) is 1. The molecule has 0 radical (unpaired) electrons. The number of benzene rings is 1. The van der Waals surface area contributed by atoms with Crippen molar-refractivity contribution in [1.82, 2.24) is 15.5 Å². The highest BCUT2D eigenvalue weighted by Gasteiger charge is 2.23. The number of sulfone groups is 1. The van der Waals surface area contributed by atoms with Crippen molar-refractivity contribution in [3.63, 3.8) is 0 Å². The van der Waals surface area contributed by atoms with E-state index in [-0.39, 0.29) is 18.8 Å². The van der Waals surface area contributed by atoms with Crippen molar-refractivity contribution in [3.05, 3.63) is 35.9 Å². The number of nitrogens with one attached hydrogen (secondary N) is 2. The second-order valence-corrected chi connectivity index (χ2v) is 10.3. The van der Waals surface area contributed by atoms with Gasteiger partial charge in [0.05, 0.1) is 5.75 Å². The molecule has 9 heteroatoms. The molecule has 2 amide bonds. The lowest BCUT2D eigenvalue weighted by Crippen LogP contribution is -2.48. The first-order valence-electron chi connectivity index (χ1n) is 11.0. The van der Waals surface area contributed by atoms with Crippen molar-refractivity contribution < 1.29 is 22.7 Å². The van der Waals surface area contributed by atoms with Crippen molar-refractivity contribution >= 4 is 21.8 Å². The molecule has 0 bridgehead atoms. The van der Waals surface area contributed by atoms with Crippen molar-refractivity contribution in [3.8, 4) is 0 Å². The second-order valence-electron chi connectivity index (χ2n) is 8.08. The zero-order valence-electron chi connectivity index (χ0n) is 18.3. The maximum Gasteiger partial charge on any atom is 0.408 e. The van der Waals surface area contributed by atoms with Crippen LogP contribution in [0.15, 0.2) is 30.3 Å². The Bertz CT molecular complexity index is 778. The van der Waals surface area contributed by atoms with Gasteiger partial charge in [0.25, 0.3) is 0 Å². The highest BCUT2D eigenvalue weighted by Crippen LogP contribution is 2.09. The number of nitrogens with zero attached hydrogens (tertiary/aromatic N) is 1. The van der Waals surface area contributed by atoms with Gasteiger partial charge < -0.3 is 20.3 Å². The van der Waals surface area contributed by atoms with Gasteiger partial charge in [0.2, 0.25) is 5.91 Å². The summed E-state index contributed by atoms with van der Waals surface area (Å²) >= 11 is 0. The number of alkyl carbamates (subject to hydrolysis) is 1. The van der Waals surface area contributed by atoms with Gasteiger partial charge in [0.15, 0.2) is 0 Å². The number of carbonyl (C=O) groups is 2. The summed E-state index contributed by atoms with van der Waals surface area (Å²) in [6.07, 6.45) is 6.16. The normalized spacial score (nSPS) is 16.2. The average molecular weight is 454 g/mol. The Hall–Kier alpha value is -2.13. The third kappa shape index (κ3) is 11.2. The smallest absolute Gasteiger partial charge is 0.408 e. The molecular weight excluding hydrogens is 418 g/mol. The third-order valence-corrected chi connectivity index (χ3v) is 6.22. The van der Waals surface area contributed by atoms with Gasteiger partial charge in [-0.1, -0.05) is 43.2 Å². The van der Waals surface area contributed by atoms with Crippen LogP contribution in [-0.2, 0) is 26.0 Å². The summed E-state index contributed by atoms with van der Waals surface area (Å²) in [6, 6.07) is 8.23. The van der Waals surface area contributed by atoms with Crippen LogP contribution in [0.2, 0.25) is 0 Å². The van der Waals surface area contributed by atoms with Crippen LogP contribution in [-0.4, -0.2) is 69.5 Å². The summed E-state index contributed by atoms with van der Waals surface area (Å²) in [7, 11) is -3.27. The molecule has 31 heavy (non-hydrogen) atoms. The minimum atomic E-state index is -3.27. The molecule has 1 fully saturated rings. The van der Waals surface area contributed by atoms with Crippen LogP contribution in [0.25, 0.3) is 0 Å². The van der Waals surface area contributed by atoms with Crippen molar-refractivity contribution in [2.24, 2.45) is 0 Å². The number of rotatable bonds is 11. The van der Waals surface area contributed by atoms with Gasteiger partial charge in [0.1, 0.15) is 22.5 Å². The Morgan fingerprint density at radius 2 is 1.77 bits per heavy atom. The van der Waals surface area contributed by atoms with E-state index in [1.807, 2.05) is 30.3 Å². The zero-order valence-corrected chi connectivity index (χ0v) is 19.2. The molecule has 174 valence electrons. The van der Waals surface area contributed by atoms with Crippen LogP contribution >= 0.6 is 0 Å². The maximum absolute atomic E-state index is 12.6. The lowest BCUT2D eigenvalue weighted by atomic mass is 10.2. The quantitative estimate of drug-likeness (QED) is 0.497. The molecule has 0 aliphatic carbocycles. The Morgan fingerprint density at radius 3 is 2.42 bits per heavy atom. The van der Waals surface area contributed by atoms with Gasteiger partial charge >= 0.3 is 6.09 Å². The molecule has 1 heterocycles. The van der Waals surface area contributed by atoms with Gasteiger partial charge in [-0.3, -0.25) is 4.79 Å². The van der Waals surface area contributed by atoms with Crippen molar-refractivity contribution in [2.75, 3.05) is 38.2 Å². The highest BCUT2D eigenvalue weighted by atomic mass is 32.2. The molecule has 1 aromatic carbocycles. The van der Waals surface area contributed by atoms with Crippen LogP contribution < -0.4 is 10.6 Å². The SMILES string of the molecule is CS(=O)(=O)CCC(NC(=O)OCc1ccccc1)C(=O)NCCCN1CCCCCC1. The standard InChI is InChI=1S/C22H35N3O5S/c1-31(28,29)17-12-20(24-22(27)30-18-19-10-5-4-6-11-19)21(26)23-13-9-16-25-14-7-2-3-8-15-25/h4-6,10-11,20H,2-3,7-9,12-18H2,1H3,(H,23,26)(H,24,27). The highest BCUT2D eigenvalue weighted by molar-refractivity contribution is 7.90. The average Bonchev–Trinajstić information content (AvgIpc) is 3.01. The van der Waals surface area contributed by atoms with Gasteiger partial charge in [-0.15, -0.1) is 0 Å². The molecule has 1 aliphatic heterocycles. The summed E-state index contributed by atoms with van der Waals surface area (Å²) in [5.41, 5.74) is 0.823. The molecule has 1 atom stereocenters. The van der Waals surface area contributed by atoms with Crippen LogP contribution in [0.5, 0.6) is 0 Å². The molecule has 0 aromatic heterocycles. The zero-order chi connectivity index (χ0) is 22.5. The fourth-order valence-corrected chi connectivity index (χ4v) is 4.17. The van der Waals surface area contributed by atoms with Gasteiger partial charge in [0, 0.05) is 12.8 Å². The molecule has 1 saturated heterocycles. The predicted molar refractivity (Wildman–Crippen MR) is 120 cm³/mol. The first-order valence-corrected chi connectivity index (χ1v) is 13.0. The second kappa shape index (κ2) is 13.3. The van der Waals surface area contributed by atoms with Crippen molar-refractivity contribution in [2.45, 2.75) is 51.2 Å². The largest absolute Gasteiger partial charge is 0.445 e. The summed E-state index contributed by atoms with van der Waals surface area (Å²) in [5.74, 6) is -0.589. The first kappa shape index (κ1) is 25.1. The topological polar surface area (TPSA) is 105 Å². The molecule has 1 aromatic rings. The fraction of sp³-hybridized carbons (Fsp3) is 0.636. The third-order valence-electron chi connectivity index (χ3n) is 5.25. The monoisotopic (exact) mass is 453 g/mol. The summed E-state index contributed by atoms with van der Waals surface area (Å²) in [4.78, 5) is 27.2. The Morgan fingerprint density at radius 1 is 1.10 bits per heavy atom. The Balaban J connectivity index is 1.79. The van der Waals surface area contributed by atoms with Gasteiger partial charge in [-0.25, -0.2) is 13.2 Å². The van der Waals surface area contributed by atoms with E-state index in [4.69, 9.17) is 4.74 Å².